The first-order chi connectivity index (χ1) is 8.38. The summed E-state index contributed by atoms with van der Waals surface area (Å²) in [4.78, 5) is 13.5. The van der Waals surface area contributed by atoms with Gasteiger partial charge in [0.1, 0.15) is 5.37 Å². The molecule has 2 unspecified atom stereocenters. The van der Waals surface area contributed by atoms with Crippen LogP contribution in [0.1, 0.15) is 26.7 Å². The van der Waals surface area contributed by atoms with E-state index in [1.165, 1.54) is 4.90 Å². The second-order valence-electron chi connectivity index (χ2n) is 4.46. The average molecular weight is 295 g/mol. The molecule has 106 valence electrons. The Bertz CT molecular complexity index is 381. The maximum absolute atomic E-state index is 12.0. The van der Waals surface area contributed by atoms with Gasteiger partial charge in [-0.05, 0) is 13.3 Å². The smallest absolute Gasteiger partial charge is 0.223 e. The monoisotopic (exact) mass is 295 g/mol. The van der Waals surface area contributed by atoms with Crippen molar-refractivity contribution < 1.29 is 18.3 Å². The number of hydrogen-bond donors (Lipinski definition) is 1. The Morgan fingerprint density at radius 3 is 2.78 bits per heavy atom. The van der Waals surface area contributed by atoms with Crippen molar-refractivity contribution in [2.45, 2.75) is 38.2 Å². The van der Waals surface area contributed by atoms with Crippen molar-refractivity contribution in [3.63, 3.8) is 0 Å². The van der Waals surface area contributed by atoms with E-state index in [2.05, 4.69) is 0 Å². The summed E-state index contributed by atoms with van der Waals surface area (Å²) in [5, 5.41) is 8.49. The number of aliphatic hydroxyl groups excluding tert-OH is 1. The molecule has 0 saturated carbocycles. The minimum absolute atomic E-state index is 0.0540. The molecule has 1 heterocycles. The fourth-order valence-electron chi connectivity index (χ4n) is 1.83. The number of hydrogen-bond acceptors (Lipinski definition) is 5. The van der Waals surface area contributed by atoms with Crippen LogP contribution in [0.3, 0.4) is 0 Å². The van der Waals surface area contributed by atoms with Crippen molar-refractivity contribution in [1.29, 1.82) is 0 Å². The molecule has 0 radical (unpaired) electrons. The van der Waals surface area contributed by atoms with Crippen LogP contribution >= 0.6 is 11.8 Å². The maximum Gasteiger partial charge on any atom is 0.223 e. The number of aliphatic hydroxyl groups is 1. The molecule has 5 nitrogen and oxygen atoms in total. The van der Waals surface area contributed by atoms with Gasteiger partial charge in [0.25, 0.3) is 0 Å². The summed E-state index contributed by atoms with van der Waals surface area (Å²) in [7, 11) is -3.23. The number of rotatable bonds is 5. The molecule has 0 spiro atoms. The zero-order valence-corrected chi connectivity index (χ0v) is 12.5. The fraction of sp³-hybridized carbons (Fsp3) is 0.909. The van der Waals surface area contributed by atoms with E-state index in [1.807, 2.05) is 0 Å². The van der Waals surface area contributed by atoms with Crippen molar-refractivity contribution in [3.05, 3.63) is 0 Å². The van der Waals surface area contributed by atoms with Gasteiger partial charge in [-0.1, -0.05) is 6.92 Å². The highest BCUT2D eigenvalue weighted by molar-refractivity contribution is 8.01. The lowest BCUT2D eigenvalue weighted by Crippen LogP contribution is -2.50. The molecule has 2 atom stereocenters. The quantitative estimate of drug-likeness (QED) is 0.798. The van der Waals surface area contributed by atoms with Crippen LogP contribution in [-0.2, 0) is 14.6 Å². The molecule has 0 aromatic heterocycles. The second kappa shape index (κ2) is 6.77. The van der Waals surface area contributed by atoms with E-state index in [1.54, 1.807) is 25.6 Å². The summed E-state index contributed by atoms with van der Waals surface area (Å²) in [6, 6.07) is 0. The molecule has 1 N–H and O–H groups in total. The number of nitrogens with zero attached hydrogens (tertiary/aromatic N) is 1. The third-order valence-corrected chi connectivity index (χ3v) is 6.29. The highest BCUT2D eigenvalue weighted by Crippen LogP contribution is 2.22. The molecular formula is C11H21NO4S2. The van der Waals surface area contributed by atoms with E-state index in [0.29, 0.717) is 18.7 Å². The molecule has 1 fully saturated rings. The van der Waals surface area contributed by atoms with Gasteiger partial charge in [-0.15, -0.1) is 0 Å². The Kier molecular flexibility index (Phi) is 5.94. The number of thioether (sulfide) groups is 1. The molecule has 0 aliphatic carbocycles. The molecule has 18 heavy (non-hydrogen) atoms. The van der Waals surface area contributed by atoms with Gasteiger partial charge in [0.05, 0.1) is 6.10 Å². The van der Waals surface area contributed by atoms with E-state index >= 15 is 0 Å². The predicted octanol–water partition coefficient (Wildman–Crippen LogP) is 0.484. The number of carbonyl (C=O) groups is 1. The summed E-state index contributed by atoms with van der Waals surface area (Å²) in [5.74, 6) is 1.11. The van der Waals surface area contributed by atoms with Gasteiger partial charge < -0.3 is 10.0 Å². The van der Waals surface area contributed by atoms with Crippen LogP contribution in [-0.4, -0.2) is 59.6 Å². The van der Waals surface area contributed by atoms with Crippen LogP contribution in [0.4, 0.5) is 0 Å². The average Bonchev–Trinajstić information content (AvgIpc) is 2.36. The molecule has 7 heteroatoms. The molecule has 1 saturated heterocycles. The Hall–Kier alpha value is -0.270. The van der Waals surface area contributed by atoms with Gasteiger partial charge in [-0.2, -0.15) is 11.8 Å². The lowest BCUT2D eigenvalue weighted by atomic mass is 10.2. The van der Waals surface area contributed by atoms with Crippen LogP contribution in [0.25, 0.3) is 0 Å². The van der Waals surface area contributed by atoms with E-state index in [9.17, 15) is 18.3 Å². The predicted molar refractivity (Wildman–Crippen MR) is 73.2 cm³/mol. The zero-order chi connectivity index (χ0) is 13.8. The van der Waals surface area contributed by atoms with Gasteiger partial charge >= 0.3 is 0 Å². The van der Waals surface area contributed by atoms with Gasteiger partial charge in [-0.25, -0.2) is 8.42 Å². The molecule has 0 aromatic carbocycles. The topological polar surface area (TPSA) is 74.7 Å². The fourth-order valence-corrected chi connectivity index (χ4v) is 4.82. The summed E-state index contributed by atoms with van der Waals surface area (Å²) in [5.41, 5.74) is 0. The van der Waals surface area contributed by atoms with Crippen molar-refractivity contribution in [2.24, 2.45) is 0 Å². The van der Waals surface area contributed by atoms with E-state index in [-0.39, 0.29) is 18.1 Å². The van der Waals surface area contributed by atoms with Crippen LogP contribution in [0.5, 0.6) is 0 Å². The Labute approximate surface area is 113 Å². The maximum atomic E-state index is 12.0. The van der Waals surface area contributed by atoms with Gasteiger partial charge in [0.15, 0.2) is 9.84 Å². The highest BCUT2D eigenvalue weighted by Gasteiger charge is 2.35. The number of amides is 1. The molecule has 1 amide bonds. The Morgan fingerprint density at radius 1 is 1.56 bits per heavy atom. The van der Waals surface area contributed by atoms with Crippen molar-refractivity contribution >= 4 is 27.5 Å². The molecule has 1 aliphatic rings. The molecule has 0 bridgehead atoms. The summed E-state index contributed by atoms with van der Waals surface area (Å²) in [6.07, 6.45) is 0.0498. The first kappa shape index (κ1) is 15.8. The van der Waals surface area contributed by atoms with Gasteiger partial charge in [-0.3, -0.25) is 4.79 Å². The minimum Gasteiger partial charge on any atom is -0.393 e. The highest BCUT2D eigenvalue weighted by atomic mass is 32.2. The van der Waals surface area contributed by atoms with Crippen LogP contribution in [0, 0.1) is 0 Å². The second-order valence-corrected chi connectivity index (χ2v) is 8.05. The summed E-state index contributed by atoms with van der Waals surface area (Å²) < 4.78 is 23.9. The Morgan fingerprint density at radius 2 is 2.22 bits per heavy atom. The van der Waals surface area contributed by atoms with Crippen LogP contribution in [0.15, 0.2) is 0 Å². The lowest BCUT2D eigenvalue weighted by molar-refractivity contribution is -0.132. The number of sulfone groups is 1. The summed E-state index contributed by atoms with van der Waals surface area (Å²) in [6.45, 7) is 3.71. The van der Waals surface area contributed by atoms with Gasteiger partial charge in [0.2, 0.25) is 5.91 Å². The number of carbonyl (C=O) groups excluding carboxylic acids is 1. The molecule has 0 aromatic rings. The minimum atomic E-state index is -3.23. The molecule has 1 rings (SSSR count). The first-order valence-electron chi connectivity index (χ1n) is 6.15. The largest absolute Gasteiger partial charge is 0.393 e. The van der Waals surface area contributed by atoms with E-state index < -0.39 is 21.3 Å². The third-order valence-electron chi connectivity index (χ3n) is 3.00. The standard InChI is InChI=1S/C11H21NO4S2/c1-3-18(15,16)11-8-17-7-6-12(11)10(14)5-4-9(2)13/h9,11,13H,3-8H2,1-2H3. The van der Waals surface area contributed by atoms with Gasteiger partial charge in [0, 0.05) is 30.2 Å². The van der Waals surface area contributed by atoms with E-state index in [0.717, 1.165) is 5.75 Å². The zero-order valence-electron chi connectivity index (χ0n) is 10.8. The lowest BCUT2D eigenvalue weighted by Gasteiger charge is -2.34. The Balaban J connectivity index is 2.73. The molecule has 1 aliphatic heterocycles. The van der Waals surface area contributed by atoms with Crippen molar-refractivity contribution in [2.75, 3.05) is 23.8 Å². The van der Waals surface area contributed by atoms with Crippen molar-refractivity contribution in [3.8, 4) is 0 Å². The normalized spacial score (nSPS) is 22.8. The van der Waals surface area contributed by atoms with Crippen LogP contribution in [0.2, 0.25) is 0 Å². The van der Waals surface area contributed by atoms with Crippen LogP contribution < -0.4 is 0 Å². The SMILES string of the molecule is CCS(=O)(=O)C1CSCCN1C(=O)CCC(C)O. The van der Waals surface area contributed by atoms with E-state index in [4.69, 9.17) is 0 Å². The molecular weight excluding hydrogens is 274 g/mol. The first-order valence-corrected chi connectivity index (χ1v) is 9.02. The van der Waals surface area contributed by atoms with Crippen molar-refractivity contribution in [1.82, 2.24) is 4.90 Å². The third kappa shape index (κ3) is 4.13. The summed E-state index contributed by atoms with van der Waals surface area (Å²) >= 11 is 1.57.